The van der Waals surface area contributed by atoms with Gasteiger partial charge in [0.2, 0.25) is 0 Å². The van der Waals surface area contributed by atoms with Crippen LogP contribution in [0.3, 0.4) is 0 Å². The smallest absolute Gasteiger partial charge is 0.338 e. The summed E-state index contributed by atoms with van der Waals surface area (Å²) in [5.41, 5.74) is 3.41. The van der Waals surface area contributed by atoms with E-state index in [4.69, 9.17) is 9.47 Å². The summed E-state index contributed by atoms with van der Waals surface area (Å²) >= 11 is 0. The molecular weight excluding hydrogens is 440 g/mol. The van der Waals surface area contributed by atoms with Gasteiger partial charge in [-0.1, -0.05) is 24.3 Å². The first-order chi connectivity index (χ1) is 16.0. The molecule has 2 aromatic rings. The zero-order valence-electron chi connectivity index (χ0n) is 20.5. The number of hydrogen-bond donors (Lipinski definition) is 2. The standard InChI is InChI=1S/2C13H16O4/c1-8(2)5-10-11(13(15)17-4)6-9(16-3)7-12(10)14;1-8(2)5-10-11(14)6-9(13(15)17-4)7-12(10)16-3/h2*6-7,14H,1,5H2,2-4H3. The third-order valence-corrected chi connectivity index (χ3v) is 4.62. The van der Waals surface area contributed by atoms with Crippen LogP contribution in [0.1, 0.15) is 45.7 Å². The lowest BCUT2D eigenvalue weighted by atomic mass is 9.99. The number of carbonyl (C=O) groups excluding carboxylic acids is 2. The minimum Gasteiger partial charge on any atom is -0.507 e. The van der Waals surface area contributed by atoms with Crippen LogP contribution in [-0.4, -0.2) is 50.6 Å². The molecule has 34 heavy (non-hydrogen) atoms. The van der Waals surface area contributed by atoms with Gasteiger partial charge in [0.05, 0.1) is 39.6 Å². The summed E-state index contributed by atoms with van der Waals surface area (Å²) in [6.07, 6.45) is 0.913. The van der Waals surface area contributed by atoms with Crippen LogP contribution >= 0.6 is 0 Å². The molecule has 2 N–H and O–H groups in total. The Bertz CT molecular complexity index is 1070. The van der Waals surface area contributed by atoms with Gasteiger partial charge in [-0.2, -0.15) is 0 Å². The summed E-state index contributed by atoms with van der Waals surface area (Å²) < 4.78 is 19.4. The molecule has 2 aromatic carbocycles. The molecule has 0 saturated carbocycles. The summed E-state index contributed by atoms with van der Waals surface area (Å²) in [6.45, 7) is 11.2. The molecule has 8 nitrogen and oxygen atoms in total. The van der Waals surface area contributed by atoms with Crippen molar-refractivity contribution < 1.29 is 38.7 Å². The van der Waals surface area contributed by atoms with E-state index in [2.05, 4.69) is 22.6 Å². The lowest BCUT2D eigenvalue weighted by molar-refractivity contribution is 0.0590. The van der Waals surface area contributed by atoms with Crippen molar-refractivity contribution in [1.29, 1.82) is 0 Å². The van der Waals surface area contributed by atoms with Crippen molar-refractivity contribution in [3.05, 3.63) is 70.8 Å². The molecule has 184 valence electrons. The Morgan fingerprint density at radius 2 is 1.29 bits per heavy atom. The fourth-order valence-electron chi connectivity index (χ4n) is 3.06. The summed E-state index contributed by atoms with van der Waals surface area (Å²) in [5.74, 6) is -0.141. The first-order valence-corrected chi connectivity index (χ1v) is 10.2. The number of phenolic OH excluding ortho intramolecular Hbond substituents is 2. The summed E-state index contributed by atoms with van der Waals surface area (Å²) in [4.78, 5) is 23.0. The average Bonchev–Trinajstić information content (AvgIpc) is 2.80. The molecule has 0 atom stereocenters. The predicted molar refractivity (Wildman–Crippen MR) is 129 cm³/mol. The van der Waals surface area contributed by atoms with Crippen LogP contribution < -0.4 is 9.47 Å². The lowest BCUT2D eigenvalue weighted by Gasteiger charge is -2.12. The van der Waals surface area contributed by atoms with E-state index in [0.717, 1.165) is 11.1 Å². The third-order valence-electron chi connectivity index (χ3n) is 4.62. The number of allylic oxidation sites excluding steroid dienone is 2. The minimum atomic E-state index is -0.513. The van der Waals surface area contributed by atoms with E-state index in [9.17, 15) is 19.8 Å². The Hall–Kier alpha value is -3.94. The van der Waals surface area contributed by atoms with Gasteiger partial charge in [-0.05, 0) is 38.5 Å². The molecule has 8 heteroatoms. The Balaban J connectivity index is 0.000000340. The molecule has 0 aliphatic heterocycles. The van der Waals surface area contributed by atoms with Crippen molar-refractivity contribution in [2.24, 2.45) is 0 Å². The van der Waals surface area contributed by atoms with Crippen molar-refractivity contribution >= 4 is 11.9 Å². The van der Waals surface area contributed by atoms with Gasteiger partial charge in [0.25, 0.3) is 0 Å². The molecule has 0 aliphatic carbocycles. The van der Waals surface area contributed by atoms with E-state index in [1.165, 1.54) is 40.6 Å². The Morgan fingerprint density at radius 1 is 0.765 bits per heavy atom. The summed E-state index contributed by atoms with van der Waals surface area (Å²) in [6, 6.07) is 5.92. The number of benzene rings is 2. The monoisotopic (exact) mass is 472 g/mol. The number of aromatic hydroxyl groups is 2. The Morgan fingerprint density at radius 3 is 1.76 bits per heavy atom. The van der Waals surface area contributed by atoms with E-state index in [0.29, 0.717) is 41.0 Å². The Labute approximate surface area is 200 Å². The van der Waals surface area contributed by atoms with Crippen LogP contribution in [0.4, 0.5) is 0 Å². The molecule has 0 heterocycles. The molecule has 0 unspecified atom stereocenters. The molecule has 0 radical (unpaired) electrons. The maximum Gasteiger partial charge on any atom is 0.338 e. The maximum absolute atomic E-state index is 11.6. The van der Waals surface area contributed by atoms with Crippen molar-refractivity contribution in [3.8, 4) is 23.0 Å². The van der Waals surface area contributed by atoms with Gasteiger partial charge < -0.3 is 29.2 Å². The number of phenols is 2. The molecular formula is C26H32O8. The lowest BCUT2D eigenvalue weighted by Crippen LogP contribution is -2.07. The van der Waals surface area contributed by atoms with Crippen molar-refractivity contribution in [3.63, 3.8) is 0 Å². The van der Waals surface area contributed by atoms with Crippen molar-refractivity contribution in [2.75, 3.05) is 28.4 Å². The highest BCUT2D eigenvalue weighted by Crippen LogP contribution is 2.32. The molecule has 2 rings (SSSR count). The zero-order chi connectivity index (χ0) is 26.0. The largest absolute Gasteiger partial charge is 0.507 e. The Kier molecular flexibility index (Phi) is 10.7. The molecule has 0 fully saturated rings. The quantitative estimate of drug-likeness (QED) is 0.423. The van der Waals surface area contributed by atoms with E-state index in [1.807, 2.05) is 13.8 Å². The van der Waals surface area contributed by atoms with Crippen molar-refractivity contribution in [2.45, 2.75) is 26.7 Å². The molecule has 0 aromatic heterocycles. The molecule has 0 bridgehead atoms. The molecule has 0 saturated heterocycles. The number of hydrogen-bond acceptors (Lipinski definition) is 8. The van der Waals surface area contributed by atoms with Crippen LogP contribution in [0.25, 0.3) is 0 Å². The number of ether oxygens (including phenoxy) is 4. The first kappa shape index (κ1) is 28.1. The second kappa shape index (κ2) is 12.9. The summed E-state index contributed by atoms with van der Waals surface area (Å²) in [7, 11) is 5.53. The molecule has 0 amide bonds. The predicted octanol–water partition coefficient (Wildman–Crippen LogP) is 4.61. The SMILES string of the molecule is C=C(C)Cc1c(O)cc(C(=O)OC)cc1OC.C=C(C)Cc1c(O)cc(OC)cc1C(=O)OC. The van der Waals surface area contributed by atoms with Crippen molar-refractivity contribution in [1.82, 2.24) is 0 Å². The maximum atomic E-state index is 11.6. The van der Waals surface area contributed by atoms with Gasteiger partial charge in [-0.3, -0.25) is 0 Å². The normalized spacial score (nSPS) is 9.82. The third kappa shape index (κ3) is 7.58. The van der Waals surface area contributed by atoms with Gasteiger partial charge in [0, 0.05) is 23.6 Å². The van der Waals surface area contributed by atoms with Crippen LogP contribution in [0.15, 0.2) is 48.6 Å². The van der Waals surface area contributed by atoms with E-state index < -0.39 is 11.9 Å². The highest BCUT2D eigenvalue weighted by molar-refractivity contribution is 5.92. The van der Waals surface area contributed by atoms with Crippen LogP contribution in [-0.2, 0) is 22.3 Å². The van der Waals surface area contributed by atoms with E-state index in [1.54, 1.807) is 12.1 Å². The zero-order valence-corrected chi connectivity index (χ0v) is 20.5. The van der Waals surface area contributed by atoms with Crippen LogP contribution in [0, 0.1) is 0 Å². The molecule has 0 aliphatic rings. The highest BCUT2D eigenvalue weighted by Gasteiger charge is 2.18. The second-order valence-corrected chi connectivity index (χ2v) is 7.60. The first-order valence-electron chi connectivity index (χ1n) is 10.2. The molecule has 0 spiro atoms. The van der Waals surface area contributed by atoms with Crippen LogP contribution in [0.2, 0.25) is 0 Å². The summed E-state index contributed by atoms with van der Waals surface area (Å²) in [5, 5.41) is 19.7. The van der Waals surface area contributed by atoms with Gasteiger partial charge in [0.1, 0.15) is 23.0 Å². The van der Waals surface area contributed by atoms with E-state index >= 15 is 0 Å². The van der Waals surface area contributed by atoms with Gasteiger partial charge in [-0.25, -0.2) is 9.59 Å². The second-order valence-electron chi connectivity index (χ2n) is 7.60. The average molecular weight is 473 g/mol. The fraction of sp³-hybridized carbons (Fsp3) is 0.308. The number of carbonyl (C=O) groups is 2. The number of methoxy groups -OCH3 is 4. The van der Waals surface area contributed by atoms with Gasteiger partial charge >= 0.3 is 11.9 Å². The topological polar surface area (TPSA) is 112 Å². The van der Waals surface area contributed by atoms with E-state index in [-0.39, 0.29) is 17.1 Å². The van der Waals surface area contributed by atoms with Gasteiger partial charge in [0.15, 0.2) is 0 Å². The highest BCUT2D eigenvalue weighted by atomic mass is 16.5. The number of esters is 2. The number of rotatable bonds is 8. The fourth-order valence-corrected chi connectivity index (χ4v) is 3.06. The van der Waals surface area contributed by atoms with Crippen LogP contribution in [0.5, 0.6) is 23.0 Å². The van der Waals surface area contributed by atoms with Gasteiger partial charge in [-0.15, -0.1) is 0 Å². The minimum absolute atomic E-state index is 0.00718.